The summed E-state index contributed by atoms with van der Waals surface area (Å²) in [5, 5.41) is 2.75. The first-order valence-electron chi connectivity index (χ1n) is 6.34. The van der Waals surface area contributed by atoms with Gasteiger partial charge in [0.15, 0.2) is 6.54 Å². The van der Waals surface area contributed by atoms with Gasteiger partial charge < -0.3 is 0 Å². The third-order valence-electron chi connectivity index (χ3n) is 3.15. The average Bonchev–Trinajstić information content (AvgIpc) is 2.93. The maximum Gasteiger partial charge on any atom is 0.241 e. The number of fused-ring (bicyclic) bond motifs is 1. The molecule has 0 radical (unpaired) electrons. The number of hydrogen-bond acceptors (Lipinski definition) is 2. The summed E-state index contributed by atoms with van der Waals surface area (Å²) in [6.07, 6.45) is 6.53. The molecule has 0 amide bonds. The summed E-state index contributed by atoms with van der Waals surface area (Å²) in [4.78, 5) is 0. The van der Waals surface area contributed by atoms with Crippen LogP contribution >= 0.6 is 23.5 Å². The Kier molecular flexibility index (Phi) is 3.95. The van der Waals surface area contributed by atoms with Crippen LogP contribution < -0.4 is 4.57 Å². The van der Waals surface area contributed by atoms with E-state index in [1.807, 2.05) is 29.6 Å². The van der Waals surface area contributed by atoms with Crippen molar-refractivity contribution in [2.24, 2.45) is 0 Å². The molecule has 1 nitrogen and oxygen atoms in total. The van der Waals surface area contributed by atoms with Crippen molar-refractivity contribution < 1.29 is 4.57 Å². The van der Waals surface area contributed by atoms with Crippen molar-refractivity contribution in [1.82, 2.24) is 0 Å². The zero-order valence-electron chi connectivity index (χ0n) is 10.9. The predicted octanol–water partition coefficient (Wildman–Crippen LogP) is 3.97. The number of hydrogen-bond donors (Lipinski definition) is 0. The Labute approximate surface area is 122 Å². The highest BCUT2D eigenvalue weighted by atomic mass is 32.2. The van der Waals surface area contributed by atoms with Crippen molar-refractivity contribution in [1.29, 1.82) is 0 Å². The minimum Gasteiger partial charge on any atom is -0.180 e. The molecule has 0 atom stereocenters. The SMILES string of the molecule is CSc1cc(/C=C/c2ccccc2)cc2[n+]1CCS2. The van der Waals surface area contributed by atoms with Gasteiger partial charge in [0, 0.05) is 12.1 Å². The van der Waals surface area contributed by atoms with Crippen LogP contribution in [-0.4, -0.2) is 12.0 Å². The molecule has 1 aliphatic heterocycles. The van der Waals surface area contributed by atoms with Gasteiger partial charge in [0.2, 0.25) is 10.1 Å². The van der Waals surface area contributed by atoms with E-state index in [0.717, 1.165) is 6.54 Å². The lowest BCUT2D eigenvalue weighted by atomic mass is 10.1. The maximum atomic E-state index is 2.41. The van der Waals surface area contributed by atoms with Gasteiger partial charge in [-0.3, -0.25) is 0 Å². The summed E-state index contributed by atoms with van der Waals surface area (Å²) in [5.41, 5.74) is 2.53. The second-order valence-electron chi connectivity index (χ2n) is 4.41. The first-order chi connectivity index (χ1) is 9.36. The molecule has 2 aromatic rings. The second kappa shape index (κ2) is 5.85. The van der Waals surface area contributed by atoms with Crippen molar-refractivity contribution in [3.8, 4) is 0 Å². The molecule has 1 aromatic heterocycles. The van der Waals surface area contributed by atoms with Gasteiger partial charge in [-0.25, -0.2) is 0 Å². The molecule has 0 spiro atoms. The third kappa shape index (κ3) is 2.88. The van der Waals surface area contributed by atoms with Gasteiger partial charge in [-0.2, -0.15) is 4.57 Å². The quantitative estimate of drug-likeness (QED) is 0.621. The zero-order valence-corrected chi connectivity index (χ0v) is 12.5. The first kappa shape index (κ1) is 12.8. The summed E-state index contributed by atoms with van der Waals surface area (Å²) in [7, 11) is 0. The van der Waals surface area contributed by atoms with E-state index in [9.17, 15) is 0 Å². The molecule has 96 valence electrons. The molecule has 1 aliphatic rings. The molecule has 0 saturated carbocycles. The van der Waals surface area contributed by atoms with Crippen LogP contribution in [0.2, 0.25) is 0 Å². The van der Waals surface area contributed by atoms with Crippen molar-refractivity contribution >= 4 is 35.7 Å². The number of rotatable bonds is 3. The van der Waals surface area contributed by atoms with Gasteiger partial charge >= 0.3 is 0 Å². The molecule has 0 saturated heterocycles. The van der Waals surface area contributed by atoms with E-state index in [-0.39, 0.29) is 0 Å². The van der Waals surface area contributed by atoms with Crippen LogP contribution in [0.5, 0.6) is 0 Å². The Hall–Kier alpha value is -1.19. The normalized spacial score (nSPS) is 13.9. The molecular weight excluding hydrogens is 270 g/mol. The van der Waals surface area contributed by atoms with E-state index < -0.39 is 0 Å². The van der Waals surface area contributed by atoms with Crippen LogP contribution in [0.15, 0.2) is 52.5 Å². The van der Waals surface area contributed by atoms with E-state index in [4.69, 9.17) is 0 Å². The fourth-order valence-electron chi connectivity index (χ4n) is 2.19. The highest BCUT2D eigenvalue weighted by Gasteiger charge is 2.23. The van der Waals surface area contributed by atoms with Crippen molar-refractivity contribution in [2.45, 2.75) is 16.6 Å². The zero-order chi connectivity index (χ0) is 13.1. The lowest BCUT2D eigenvalue weighted by Crippen LogP contribution is -2.35. The topological polar surface area (TPSA) is 3.88 Å². The van der Waals surface area contributed by atoms with Crippen LogP contribution in [0.4, 0.5) is 0 Å². The van der Waals surface area contributed by atoms with Gasteiger partial charge in [0.1, 0.15) is 0 Å². The molecule has 0 fully saturated rings. The first-order valence-corrected chi connectivity index (χ1v) is 8.56. The van der Waals surface area contributed by atoms with Gasteiger partial charge in [-0.1, -0.05) is 66.0 Å². The summed E-state index contributed by atoms with van der Waals surface area (Å²) < 4.78 is 2.41. The number of benzene rings is 1. The van der Waals surface area contributed by atoms with Crippen molar-refractivity contribution in [3.63, 3.8) is 0 Å². The molecule has 0 aliphatic carbocycles. The number of pyridine rings is 1. The third-order valence-corrected chi connectivity index (χ3v) is 4.93. The van der Waals surface area contributed by atoms with Crippen LogP contribution in [0.3, 0.4) is 0 Å². The van der Waals surface area contributed by atoms with Crippen LogP contribution in [-0.2, 0) is 6.54 Å². The number of aromatic nitrogens is 1. The van der Waals surface area contributed by atoms with Gasteiger partial charge in [-0.15, -0.1) is 0 Å². The van der Waals surface area contributed by atoms with Crippen LogP contribution in [0.25, 0.3) is 12.2 Å². The van der Waals surface area contributed by atoms with Crippen molar-refractivity contribution in [2.75, 3.05) is 12.0 Å². The maximum absolute atomic E-state index is 2.41. The minimum atomic E-state index is 1.14. The van der Waals surface area contributed by atoms with E-state index in [1.54, 1.807) is 0 Å². The monoisotopic (exact) mass is 286 g/mol. The summed E-state index contributed by atoms with van der Waals surface area (Å²) in [5.74, 6) is 1.19. The Bertz CT molecular complexity index is 606. The van der Waals surface area contributed by atoms with Crippen LogP contribution in [0, 0.1) is 0 Å². The van der Waals surface area contributed by atoms with E-state index in [1.165, 1.54) is 26.9 Å². The highest BCUT2D eigenvalue weighted by molar-refractivity contribution is 7.99. The summed E-state index contributed by atoms with van der Waals surface area (Å²) in [6, 6.07) is 15.0. The van der Waals surface area contributed by atoms with Crippen LogP contribution in [0.1, 0.15) is 11.1 Å². The van der Waals surface area contributed by atoms with Gasteiger partial charge in [0.05, 0.1) is 5.75 Å². The molecular formula is C16H16NS2+. The predicted molar refractivity (Wildman–Crippen MR) is 84.5 cm³/mol. The lowest BCUT2D eigenvalue weighted by molar-refractivity contribution is -0.758. The smallest absolute Gasteiger partial charge is 0.180 e. The summed E-state index contributed by atoms with van der Waals surface area (Å²) >= 11 is 3.77. The molecule has 1 aromatic carbocycles. The molecule has 19 heavy (non-hydrogen) atoms. The van der Waals surface area contributed by atoms with E-state index >= 15 is 0 Å². The Morgan fingerprint density at radius 1 is 1.11 bits per heavy atom. The number of nitrogens with zero attached hydrogens (tertiary/aromatic N) is 1. The Balaban J connectivity index is 1.92. The fraction of sp³-hybridized carbons (Fsp3) is 0.188. The molecule has 2 heterocycles. The Morgan fingerprint density at radius 3 is 2.68 bits per heavy atom. The molecule has 0 N–H and O–H groups in total. The summed E-state index contributed by atoms with van der Waals surface area (Å²) in [6.45, 7) is 1.14. The van der Waals surface area contributed by atoms with Crippen molar-refractivity contribution in [3.05, 3.63) is 53.6 Å². The van der Waals surface area contributed by atoms with Gasteiger partial charge in [0.25, 0.3) is 0 Å². The second-order valence-corrected chi connectivity index (χ2v) is 6.36. The average molecular weight is 286 g/mol. The van der Waals surface area contributed by atoms with E-state index in [2.05, 4.69) is 59.4 Å². The molecule has 3 heteroatoms. The van der Waals surface area contributed by atoms with Gasteiger partial charge in [-0.05, 0) is 17.4 Å². The minimum absolute atomic E-state index is 1.14. The molecule has 0 bridgehead atoms. The van der Waals surface area contributed by atoms with E-state index in [0.29, 0.717) is 0 Å². The Morgan fingerprint density at radius 2 is 1.89 bits per heavy atom. The molecule has 3 rings (SSSR count). The molecule has 0 unspecified atom stereocenters. The standard InChI is InChI=1S/C16H16NS2/c1-18-15-11-14(12-16-17(15)9-10-19-16)8-7-13-5-3-2-4-6-13/h2-8,11-12H,9-10H2,1H3/q+1/b8-7+. The number of thioether (sulfide) groups is 2. The highest BCUT2D eigenvalue weighted by Crippen LogP contribution is 2.25. The largest absolute Gasteiger partial charge is 0.241 e. The fourth-order valence-corrected chi connectivity index (χ4v) is 3.96. The lowest BCUT2D eigenvalue weighted by Gasteiger charge is -2.01.